The van der Waals surface area contributed by atoms with Crippen LogP contribution in [-0.2, 0) is 0 Å². The fourth-order valence-corrected chi connectivity index (χ4v) is 1.42. The van der Waals surface area contributed by atoms with Crippen LogP contribution in [0.5, 0.6) is 11.5 Å². The normalized spacial score (nSPS) is 10.5. The van der Waals surface area contributed by atoms with E-state index in [2.05, 4.69) is 0 Å². The first-order valence-electron chi connectivity index (χ1n) is 4.10. The second-order valence-corrected chi connectivity index (χ2v) is 3.09. The SMILES string of the molecule is Cc1c(O)cc2ccccc2c1O. The molecule has 13 heavy (non-hydrogen) atoms. The Bertz CT molecular complexity index is 461. The molecule has 66 valence electrons. The lowest BCUT2D eigenvalue weighted by atomic mass is 10.1. The minimum atomic E-state index is 0.135. The van der Waals surface area contributed by atoms with Crippen LogP contribution in [0.25, 0.3) is 10.8 Å². The zero-order valence-electron chi connectivity index (χ0n) is 7.28. The highest BCUT2D eigenvalue weighted by Crippen LogP contribution is 2.34. The molecular formula is C11H10O2. The monoisotopic (exact) mass is 174 g/mol. The van der Waals surface area contributed by atoms with Crippen molar-refractivity contribution in [3.8, 4) is 11.5 Å². The van der Waals surface area contributed by atoms with Crippen LogP contribution < -0.4 is 0 Å². The maximum atomic E-state index is 9.68. The van der Waals surface area contributed by atoms with Crippen molar-refractivity contribution in [3.63, 3.8) is 0 Å². The van der Waals surface area contributed by atoms with E-state index in [4.69, 9.17) is 0 Å². The summed E-state index contributed by atoms with van der Waals surface area (Å²) < 4.78 is 0. The zero-order chi connectivity index (χ0) is 9.42. The molecule has 0 heterocycles. The number of phenols is 2. The molecule has 0 aromatic heterocycles. The molecule has 0 atom stereocenters. The molecule has 2 aromatic rings. The van der Waals surface area contributed by atoms with E-state index in [9.17, 15) is 10.2 Å². The Hall–Kier alpha value is -1.70. The zero-order valence-corrected chi connectivity index (χ0v) is 7.28. The van der Waals surface area contributed by atoms with Crippen LogP contribution in [0.4, 0.5) is 0 Å². The molecule has 0 aliphatic carbocycles. The lowest BCUT2D eigenvalue weighted by molar-refractivity contribution is 0.448. The molecule has 0 radical (unpaired) electrons. The lowest BCUT2D eigenvalue weighted by Crippen LogP contribution is -1.79. The van der Waals surface area contributed by atoms with Gasteiger partial charge in [-0.15, -0.1) is 0 Å². The molecular weight excluding hydrogens is 164 g/mol. The fourth-order valence-electron chi connectivity index (χ4n) is 1.42. The van der Waals surface area contributed by atoms with Crippen LogP contribution in [0.2, 0.25) is 0 Å². The highest BCUT2D eigenvalue weighted by Gasteiger charge is 2.06. The summed E-state index contributed by atoms with van der Waals surface area (Å²) in [6, 6.07) is 9.07. The molecule has 0 bridgehead atoms. The van der Waals surface area contributed by atoms with Crippen LogP contribution in [-0.4, -0.2) is 10.2 Å². The van der Waals surface area contributed by atoms with E-state index in [-0.39, 0.29) is 11.5 Å². The van der Waals surface area contributed by atoms with Gasteiger partial charge in [-0.1, -0.05) is 24.3 Å². The standard InChI is InChI=1S/C11H10O2/c1-7-10(12)6-8-4-2-3-5-9(8)11(7)13/h2-6,12-13H,1H3. The average Bonchev–Trinajstić information content (AvgIpc) is 2.15. The topological polar surface area (TPSA) is 40.5 Å². The first-order chi connectivity index (χ1) is 6.20. The fraction of sp³-hybridized carbons (Fsp3) is 0.0909. The quantitative estimate of drug-likeness (QED) is 0.644. The molecule has 2 N–H and O–H groups in total. The minimum Gasteiger partial charge on any atom is -0.508 e. The van der Waals surface area contributed by atoms with E-state index in [1.807, 2.05) is 24.3 Å². The Morgan fingerprint density at radius 3 is 2.54 bits per heavy atom. The van der Waals surface area contributed by atoms with Crippen LogP contribution in [0, 0.1) is 6.92 Å². The number of hydrogen-bond acceptors (Lipinski definition) is 2. The van der Waals surface area contributed by atoms with Gasteiger partial charge in [0, 0.05) is 10.9 Å². The van der Waals surface area contributed by atoms with Gasteiger partial charge in [0.15, 0.2) is 0 Å². The summed E-state index contributed by atoms with van der Waals surface area (Å²) in [5.41, 5.74) is 0.527. The highest BCUT2D eigenvalue weighted by molar-refractivity contribution is 5.90. The van der Waals surface area contributed by atoms with Crippen molar-refractivity contribution in [3.05, 3.63) is 35.9 Å². The first-order valence-corrected chi connectivity index (χ1v) is 4.10. The molecule has 2 heteroatoms. The van der Waals surface area contributed by atoms with Gasteiger partial charge in [-0.05, 0) is 18.4 Å². The Morgan fingerprint density at radius 1 is 1.08 bits per heavy atom. The van der Waals surface area contributed by atoms with Crippen molar-refractivity contribution in [2.45, 2.75) is 6.92 Å². The van der Waals surface area contributed by atoms with Gasteiger partial charge in [0.05, 0.1) is 0 Å². The molecule has 0 unspecified atom stereocenters. The summed E-state index contributed by atoms with van der Waals surface area (Å²) >= 11 is 0. The first kappa shape index (κ1) is 7.92. The third-order valence-electron chi connectivity index (χ3n) is 2.25. The molecule has 0 spiro atoms. The van der Waals surface area contributed by atoms with E-state index in [0.717, 1.165) is 10.8 Å². The van der Waals surface area contributed by atoms with Gasteiger partial charge < -0.3 is 10.2 Å². The predicted octanol–water partition coefficient (Wildman–Crippen LogP) is 2.56. The number of aromatic hydroxyl groups is 2. The van der Waals surface area contributed by atoms with E-state index < -0.39 is 0 Å². The van der Waals surface area contributed by atoms with Gasteiger partial charge in [0.2, 0.25) is 0 Å². The highest BCUT2D eigenvalue weighted by atomic mass is 16.3. The van der Waals surface area contributed by atoms with E-state index >= 15 is 0 Å². The van der Waals surface area contributed by atoms with Crippen molar-refractivity contribution in [1.82, 2.24) is 0 Å². The second kappa shape index (κ2) is 2.66. The van der Waals surface area contributed by atoms with Gasteiger partial charge in [0.25, 0.3) is 0 Å². The summed E-state index contributed by atoms with van der Waals surface area (Å²) in [4.78, 5) is 0. The summed E-state index contributed by atoms with van der Waals surface area (Å²) in [6.07, 6.45) is 0. The molecule has 0 saturated heterocycles. The van der Waals surface area contributed by atoms with E-state index in [1.165, 1.54) is 0 Å². The smallest absolute Gasteiger partial charge is 0.129 e. The lowest BCUT2D eigenvalue weighted by Gasteiger charge is -2.05. The Labute approximate surface area is 76.1 Å². The van der Waals surface area contributed by atoms with E-state index in [1.54, 1.807) is 13.0 Å². The number of benzene rings is 2. The Kier molecular flexibility index (Phi) is 1.62. The van der Waals surface area contributed by atoms with Crippen LogP contribution in [0.3, 0.4) is 0 Å². The Balaban J connectivity index is 2.94. The van der Waals surface area contributed by atoms with Gasteiger partial charge >= 0.3 is 0 Å². The number of phenolic OH excluding ortho intramolecular Hbond substituents is 2. The van der Waals surface area contributed by atoms with E-state index in [0.29, 0.717) is 5.56 Å². The third kappa shape index (κ3) is 1.11. The molecule has 0 saturated carbocycles. The molecule has 0 amide bonds. The number of hydrogen-bond donors (Lipinski definition) is 2. The van der Waals surface area contributed by atoms with Gasteiger partial charge in [-0.3, -0.25) is 0 Å². The second-order valence-electron chi connectivity index (χ2n) is 3.09. The van der Waals surface area contributed by atoms with Gasteiger partial charge in [0.1, 0.15) is 11.5 Å². The van der Waals surface area contributed by atoms with Crippen LogP contribution in [0.1, 0.15) is 5.56 Å². The molecule has 2 nitrogen and oxygen atoms in total. The van der Waals surface area contributed by atoms with Crippen molar-refractivity contribution in [1.29, 1.82) is 0 Å². The number of fused-ring (bicyclic) bond motifs is 1. The van der Waals surface area contributed by atoms with Crippen molar-refractivity contribution in [2.24, 2.45) is 0 Å². The van der Waals surface area contributed by atoms with Gasteiger partial charge in [-0.2, -0.15) is 0 Å². The molecule has 0 aliphatic heterocycles. The maximum Gasteiger partial charge on any atom is 0.129 e. The molecule has 0 aliphatic rings. The molecule has 2 aromatic carbocycles. The van der Waals surface area contributed by atoms with Crippen molar-refractivity contribution < 1.29 is 10.2 Å². The Morgan fingerprint density at radius 2 is 1.77 bits per heavy atom. The summed E-state index contributed by atoms with van der Waals surface area (Å²) in [7, 11) is 0. The van der Waals surface area contributed by atoms with Crippen LogP contribution >= 0.6 is 0 Å². The summed E-state index contributed by atoms with van der Waals surface area (Å²) in [6.45, 7) is 1.69. The summed E-state index contributed by atoms with van der Waals surface area (Å²) in [5, 5.41) is 20.7. The van der Waals surface area contributed by atoms with Crippen LogP contribution in [0.15, 0.2) is 30.3 Å². The summed E-state index contributed by atoms with van der Waals surface area (Å²) in [5.74, 6) is 0.298. The third-order valence-corrected chi connectivity index (χ3v) is 2.25. The van der Waals surface area contributed by atoms with Crippen molar-refractivity contribution in [2.75, 3.05) is 0 Å². The number of rotatable bonds is 0. The molecule has 2 rings (SSSR count). The van der Waals surface area contributed by atoms with Gasteiger partial charge in [-0.25, -0.2) is 0 Å². The molecule has 0 fully saturated rings. The van der Waals surface area contributed by atoms with Crippen molar-refractivity contribution >= 4 is 10.8 Å². The maximum absolute atomic E-state index is 9.68. The largest absolute Gasteiger partial charge is 0.508 e. The predicted molar refractivity (Wildman–Crippen MR) is 52.0 cm³/mol. The minimum absolute atomic E-state index is 0.135. The average molecular weight is 174 g/mol.